The molecule has 3 aromatic heterocycles. The molecule has 0 bridgehead atoms. The average Bonchev–Trinajstić information content (AvgIpc) is 3.42. The number of halogens is 1. The molecule has 1 aliphatic rings. The van der Waals surface area contributed by atoms with Gasteiger partial charge in [-0.25, -0.2) is 14.4 Å². The van der Waals surface area contributed by atoms with Crippen LogP contribution in [0.15, 0.2) is 42.0 Å². The molecule has 4 aromatic rings. The van der Waals surface area contributed by atoms with Crippen molar-refractivity contribution in [2.45, 2.75) is 19.9 Å². The van der Waals surface area contributed by atoms with Gasteiger partial charge >= 0.3 is 0 Å². The summed E-state index contributed by atoms with van der Waals surface area (Å²) < 4.78 is 15.4. The van der Waals surface area contributed by atoms with Gasteiger partial charge in [-0.1, -0.05) is 6.08 Å². The van der Waals surface area contributed by atoms with Gasteiger partial charge in [0.2, 0.25) is 0 Å². The fourth-order valence-electron chi connectivity index (χ4n) is 3.43. The van der Waals surface area contributed by atoms with Crippen LogP contribution in [-0.2, 0) is 4.79 Å². The molecule has 0 saturated carbocycles. The number of thiophene rings is 1. The average molecular weight is 441 g/mol. The second-order valence-corrected chi connectivity index (χ2v) is 8.89. The highest BCUT2D eigenvalue weighted by Crippen LogP contribution is 2.38. The Bertz CT molecular complexity index is 1250. The maximum absolute atomic E-state index is 14.5. The van der Waals surface area contributed by atoms with Crippen LogP contribution in [0.5, 0.6) is 0 Å². The lowest BCUT2D eigenvalue weighted by Gasteiger charge is -2.17. The third-order valence-corrected chi connectivity index (χ3v) is 7.00. The van der Waals surface area contributed by atoms with E-state index in [1.807, 2.05) is 6.07 Å². The summed E-state index contributed by atoms with van der Waals surface area (Å²) in [6, 6.07) is 7.74. The smallest absolute Gasteiger partial charge is 0.148 e. The number of hydrogen-bond acceptors (Lipinski definition) is 7. The van der Waals surface area contributed by atoms with Crippen molar-refractivity contribution >= 4 is 66.3 Å². The summed E-state index contributed by atoms with van der Waals surface area (Å²) in [6.45, 7) is 4.62. The Morgan fingerprint density at radius 3 is 2.80 bits per heavy atom. The molecule has 5 rings (SSSR count). The van der Waals surface area contributed by atoms with Crippen molar-refractivity contribution in [1.29, 1.82) is 0 Å². The minimum absolute atomic E-state index is 0.277. The molecule has 8 heteroatoms. The van der Waals surface area contributed by atoms with E-state index in [4.69, 9.17) is 4.79 Å². The van der Waals surface area contributed by atoms with Gasteiger partial charge in [-0.3, -0.25) is 4.90 Å². The van der Waals surface area contributed by atoms with E-state index in [1.165, 1.54) is 34.8 Å². The van der Waals surface area contributed by atoms with E-state index < -0.39 is 0 Å². The molecule has 0 saturated heterocycles. The molecular weight excluding hydrogens is 419 g/mol. The number of pyridine rings is 1. The molecule has 154 valence electrons. The molecule has 0 radical (unpaired) electrons. The minimum Gasteiger partial charge on any atom is -0.352 e. The number of fused-ring (bicyclic) bond motifs is 2. The van der Waals surface area contributed by atoms with Gasteiger partial charge in [0.25, 0.3) is 0 Å². The number of nitrogens with one attached hydrogen (secondary N) is 1. The quantitative estimate of drug-likeness (QED) is 0.414. The Labute approximate surface area is 181 Å². The van der Waals surface area contributed by atoms with E-state index >= 15 is 0 Å². The van der Waals surface area contributed by atoms with Gasteiger partial charge in [0, 0.05) is 29.0 Å². The highest BCUT2D eigenvalue weighted by atomic mass is 32.1. The normalized spacial score (nSPS) is 16.4. The van der Waals surface area contributed by atoms with Crippen molar-refractivity contribution in [2.75, 3.05) is 18.9 Å². The van der Waals surface area contributed by atoms with Crippen molar-refractivity contribution in [2.24, 2.45) is 0 Å². The van der Waals surface area contributed by atoms with Crippen LogP contribution in [0.1, 0.15) is 18.7 Å². The maximum atomic E-state index is 14.5. The molecule has 1 aromatic carbocycles. The van der Waals surface area contributed by atoms with Crippen LogP contribution >= 0.6 is 22.7 Å². The fraction of sp³-hybridized carbons (Fsp3) is 0.227. The molecule has 1 N–H and O–H groups in total. The van der Waals surface area contributed by atoms with Gasteiger partial charge < -0.3 is 10.1 Å². The van der Waals surface area contributed by atoms with Gasteiger partial charge in [0.15, 0.2) is 0 Å². The van der Waals surface area contributed by atoms with Crippen molar-refractivity contribution in [3.8, 4) is 0 Å². The lowest BCUT2D eigenvalue weighted by Crippen LogP contribution is -2.23. The first kappa shape index (κ1) is 20.6. The van der Waals surface area contributed by atoms with Crippen LogP contribution in [-0.4, -0.2) is 40.8 Å². The second-order valence-electron chi connectivity index (χ2n) is 6.98. The standard InChI is InChI=1S/C20H17FN4S2.C2H4O/c1-11-12(4-6-25(11)2)18-7-13-15(3-5-22-20(13)27-18)24-16-9-17-19(8-14(16)21)26-10-23-17;1-2-3/h3-5,7-11H,6H2,1-2H3,(H,22,24);2H,1H3. The molecule has 1 aliphatic heterocycles. The first-order valence-corrected chi connectivity index (χ1v) is 11.2. The van der Waals surface area contributed by atoms with Crippen LogP contribution in [0.25, 0.3) is 26.0 Å². The maximum Gasteiger partial charge on any atom is 0.148 e. The molecule has 0 amide bonds. The highest BCUT2D eigenvalue weighted by Gasteiger charge is 2.23. The fourth-order valence-corrected chi connectivity index (χ4v) is 5.26. The Hall–Kier alpha value is -2.68. The van der Waals surface area contributed by atoms with Crippen LogP contribution in [0.4, 0.5) is 15.8 Å². The SMILES string of the molecule is CC1C(c2cc3c(Nc4cc5ncsc5cc4F)ccnc3s2)=CCN1C.CC=O. The van der Waals surface area contributed by atoms with Crippen molar-refractivity contribution in [3.63, 3.8) is 0 Å². The van der Waals surface area contributed by atoms with Gasteiger partial charge in [0.1, 0.15) is 16.9 Å². The van der Waals surface area contributed by atoms with E-state index in [9.17, 15) is 4.39 Å². The molecule has 1 atom stereocenters. The Balaban J connectivity index is 0.000000687. The molecule has 0 aliphatic carbocycles. The molecule has 0 spiro atoms. The van der Waals surface area contributed by atoms with Crippen LogP contribution in [0.2, 0.25) is 0 Å². The number of rotatable bonds is 3. The Morgan fingerprint density at radius 1 is 1.27 bits per heavy atom. The summed E-state index contributed by atoms with van der Waals surface area (Å²) in [5.41, 5.74) is 5.16. The van der Waals surface area contributed by atoms with Crippen molar-refractivity contribution < 1.29 is 9.18 Å². The van der Waals surface area contributed by atoms with Gasteiger partial charge in [0.05, 0.1) is 27.1 Å². The number of aldehydes is 1. The van der Waals surface area contributed by atoms with E-state index in [-0.39, 0.29) is 5.82 Å². The number of likely N-dealkylation sites (N-methyl/N-ethyl adjacent to an activating group) is 1. The lowest BCUT2D eigenvalue weighted by molar-refractivity contribution is -0.106. The number of carbonyl (C=O) groups excluding carboxylic acids is 1. The Kier molecular flexibility index (Phi) is 5.90. The first-order valence-electron chi connectivity index (χ1n) is 9.50. The number of thiazole rings is 1. The van der Waals surface area contributed by atoms with Gasteiger partial charge in [-0.05, 0) is 50.7 Å². The van der Waals surface area contributed by atoms with E-state index in [2.05, 4.69) is 46.3 Å². The third-order valence-electron chi connectivity index (χ3n) is 5.12. The van der Waals surface area contributed by atoms with Crippen molar-refractivity contribution in [3.05, 3.63) is 52.7 Å². The largest absolute Gasteiger partial charge is 0.352 e. The number of anilines is 2. The zero-order valence-electron chi connectivity index (χ0n) is 16.8. The zero-order valence-corrected chi connectivity index (χ0v) is 18.5. The molecule has 4 heterocycles. The third kappa shape index (κ3) is 3.86. The molecular formula is C22H21FN4OS2. The number of nitrogens with zero attached hydrogens (tertiary/aromatic N) is 3. The van der Waals surface area contributed by atoms with Crippen LogP contribution < -0.4 is 5.32 Å². The van der Waals surface area contributed by atoms with E-state index in [1.54, 1.807) is 29.1 Å². The van der Waals surface area contributed by atoms with Gasteiger partial charge in [-0.15, -0.1) is 22.7 Å². The molecule has 5 nitrogen and oxygen atoms in total. The van der Waals surface area contributed by atoms with E-state index in [0.29, 0.717) is 11.7 Å². The summed E-state index contributed by atoms with van der Waals surface area (Å²) >= 11 is 3.12. The molecule has 0 fully saturated rings. The Morgan fingerprint density at radius 2 is 2.07 bits per heavy atom. The van der Waals surface area contributed by atoms with Gasteiger partial charge in [-0.2, -0.15) is 0 Å². The summed E-state index contributed by atoms with van der Waals surface area (Å²) in [5, 5.41) is 4.26. The highest BCUT2D eigenvalue weighted by molar-refractivity contribution is 7.19. The zero-order chi connectivity index (χ0) is 21.3. The summed E-state index contributed by atoms with van der Waals surface area (Å²) in [4.78, 5) is 22.1. The second kappa shape index (κ2) is 8.59. The number of benzene rings is 1. The summed E-state index contributed by atoms with van der Waals surface area (Å²) in [6.07, 6.45) is 4.79. The molecule has 1 unspecified atom stereocenters. The monoisotopic (exact) mass is 440 g/mol. The minimum atomic E-state index is -0.277. The van der Waals surface area contributed by atoms with Crippen LogP contribution in [0, 0.1) is 5.82 Å². The lowest BCUT2D eigenvalue weighted by atomic mass is 10.1. The van der Waals surface area contributed by atoms with Crippen molar-refractivity contribution in [1.82, 2.24) is 14.9 Å². The molecule has 30 heavy (non-hydrogen) atoms. The predicted octanol–water partition coefficient (Wildman–Crippen LogP) is 5.71. The number of aromatic nitrogens is 2. The number of hydrogen-bond donors (Lipinski definition) is 1. The first-order chi connectivity index (χ1) is 14.5. The topological polar surface area (TPSA) is 58.1 Å². The number of carbonyl (C=O) groups is 1. The predicted molar refractivity (Wildman–Crippen MR) is 124 cm³/mol. The summed E-state index contributed by atoms with van der Waals surface area (Å²) in [7, 11) is 2.13. The van der Waals surface area contributed by atoms with E-state index in [0.717, 1.165) is 39.0 Å². The summed E-state index contributed by atoms with van der Waals surface area (Å²) in [5.74, 6) is -0.277. The van der Waals surface area contributed by atoms with Crippen LogP contribution in [0.3, 0.4) is 0 Å².